The van der Waals surface area contributed by atoms with Gasteiger partial charge in [-0.05, 0) is 48.9 Å². The first-order valence-corrected chi connectivity index (χ1v) is 9.70. The van der Waals surface area contributed by atoms with Gasteiger partial charge in [-0.2, -0.15) is 0 Å². The SMILES string of the molecule is CCCCNC(=O)Nc1ccc(S(=O)(=O)Nc2cccc(Cl)c2)cc1. The predicted molar refractivity (Wildman–Crippen MR) is 101 cm³/mol. The van der Waals surface area contributed by atoms with E-state index in [4.69, 9.17) is 11.6 Å². The minimum Gasteiger partial charge on any atom is -0.338 e. The molecule has 0 aliphatic rings. The molecule has 6 nitrogen and oxygen atoms in total. The third-order valence-corrected chi connectivity index (χ3v) is 4.95. The van der Waals surface area contributed by atoms with Crippen molar-refractivity contribution in [3.8, 4) is 0 Å². The maximum absolute atomic E-state index is 12.4. The normalized spacial score (nSPS) is 11.0. The summed E-state index contributed by atoms with van der Waals surface area (Å²) < 4.78 is 27.2. The Balaban J connectivity index is 2.02. The Labute approximate surface area is 152 Å². The van der Waals surface area contributed by atoms with Gasteiger partial charge in [-0.1, -0.05) is 31.0 Å². The van der Waals surface area contributed by atoms with Crippen molar-refractivity contribution in [3.63, 3.8) is 0 Å². The van der Waals surface area contributed by atoms with E-state index in [-0.39, 0.29) is 10.9 Å². The Morgan fingerprint density at radius 1 is 1.08 bits per heavy atom. The van der Waals surface area contributed by atoms with Crippen molar-refractivity contribution in [1.82, 2.24) is 5.32 Å². The van der Waals surface area contributed by atoms with Gasteiger partial charge in [0.05, 0.1) is 10.6 Å². The summed E-state index contributed by atoms with van der Waals surface area (Å²) in [6.07, 6.45) is 1.90. The van der Waals surface area contributed by atoms with Crippen LogP contribution in [0.3, 0.4) is 0 Å². The van der Waals surface area contributed by atoms with Crippen molar-refractivity contribution < 1.29 is 13.2 Å². The summed E-state index contributed by atoms with van der Waals surface area (Å²) in [7, 11) is -3.73. The number of rotatable bonds is 7. The zero-order valence-electron chi connectivity index (χ0n) is 13.8. The number of unbranched alkanes of at least 4 members (excludes halogenated alkanes) is 1. The Hall–Kier alpha value is -2.25. The van der Waals surface area contributed by atoms with Crippen LogP contribution in [0.4, 0.5) is 16.2 Å². The average Bonchev–Trinajstić information content (AvgIpc) is 2.55. The molecule has 0 spiro atoms. The molecule has 0 saturated carbocycles. The Morgan fingerprint density at radius 3 is 2.44 bits per heavy atom. The second-order valence-corrected chi connectivity index (χ2v) is 7.49. The van der Waals surface area contributed by atoms with Crippen molar-refractivity contribution in [3.05, 3.63) is 53.6 Å². The highest BCUT2D eigenvalue weighted by atomic mass is 35.5. The van der Waals surface area contributed by atoms with E-state index >= 15 is 0 Å². The first-order chi connectivity index (χ1) is 11.9. The summed E-state index contributed by atoms with van der Waals surface area (Å²) in [4.78, 5) is 11.8. The fraction of sp³-hybridized carbons (Fsp3) is 0.235. The van der Waals surface area contributed by atoms with Gasteiger partial charge in [0.2, 0.25) is 0 Å². The third kappa shape index (κ3) is 5.95. The van der Waals surface area contributed by atoms with Gasteiger partial charge >= 0.3 is 6.03 Å². The predicted octanol–water partition coefficient (Wildman–Crippen LogP) is 4.06. The van der Waals surface area contributed by atoms with Crippen LogP contribution < -0.4 is 15.4 Å². The highest BCUT2D eigenvalue weighted by molar-refractivity contribution is 7.92. The minimum atomic E-state index is -3.73. The second-order valence-electron chi connectivity index (χ2n) is 5.37. The van der Waals surface area contributed by atoms with Gasteiger partial charge in [-0.3, -0.25) is 4.72 Å². The minimum absolute atomic E-state index is 0.0874. The molecule has 3 N–H and O–H groups in total. The first kappa shape index (κ1) is 19.1. The van der Waals surface area contributed by atoms with Crippen LogP contribution in [-0.2, 0) is 10.0 Å². The quantitative estimate of drug-likeness (QED) is 0.632. The van der Waals surface area contributed by atoms with E-state index in [1.54, 1.807) is 18.2 Å². The van der Waals surface area contributed by atoms with Crippen molar-refractivity contribution >= 4 is 39.0 Å². The molecule has 2 aromatic rings. The molecule has 0 aliphatic heterocycles. The van der Waals surface area contributed by atoms with Crippen LogP contribution in [0.25, 0.3) is 0 Å². The molecule has 0 atom stereocenters. The van der Waals surface area contributed by atoms with Gasteiger partial charge in [0, 0.05) is 17.3 Å². The fourth-order valence-corrected chi connectivity index (χ4v) is 3.28. The van der Waals surface area contributed by atoms with Crippen molar-refractivity contribution in [2.75, 3.05) is 16.6 Å². The molecule has 0 bridgehead atoms. The molecule has 0 unspecified atom stereocenters. The molecule has 2 aromatic carbocycles. The maximum atomic E-state index is 12.4. The number of carbonyl (C=O) groups excluding carboxylic acids is 1. The molecule has 25 heavy (non-hydrogen) atoms. The summed E-state index contributed by atoms with van der Waals surface area (Å²) in [5.74, 6) is 0. The van der Waals surface area contributed by atoms with Gasteiger partial charge in [0.25, 0.3) is 10.0 Å². The summed E-state index contributed by atoms with van der Waals surface area (Å²) in [6.45, 7) is 2.63. The number of urea groups is 1. The van der Waals surface area contributed by atoms with Crippen LogP contribution >= 0.6 is 11.6 Å². The number of amides is 2. The lowest BCUT2D eigenvalue weighted by atomic mass is 10.3. The molecule has 0 aliphatic carbocycles. The Kier molecular flexibility index (Phi) is 6.66. The number of halogens is 1. The number of hydrogen-bond acceptors (Lipinski definition) is 3. The molecule has 0 saturated heterocycles. The van der Waals surface area contributed by atoms with Crippen molar-refractivity contribution in [1.29, 1.82) is 0 Å². The number of hydrogen-bond donors (Lipinski definition) is 3. The van der Waals surface area contributed by atoms with Crippen LogP contribution in [0, 0.1) is 0 Å². The smallest absolute Gasteiger partial charge is 0.319 e. The molecule has 8 heteroatoms. The van der Waals surface area contributed by atoms with E-state index in [0.717, 1.165) is 12.8 Å². The molecule has 0 heterocycles. The number of sulfonamides is 1. The van der Waals surface area contributed by atoms with Crippen LogP contribution in [0.15, 0.2) is 53.4 Å². The zero-order chi connectivity index (χ0) is 18.3. The van der Waals surface area contributed by atoms with E-state index in [0.29, 0.717) is 22.9 Å². The fourth-order valence-electron chi connectivity index (χ4n) is 2.04. The highest BCUT2D eigenvalue weighted by Gasteiger charge is 2.14. The lowest BCUT2D eigenvalue weighted by Crippen LogP contribution is -2.29. The lowest BCUT2D eigenvalue weighted by molar-refractivity contribution is 0.252. The molecule has 0 fully saturated rings. The third-order valence-electron chi connectivity index (χ3n) is 3.32. The van der Waals surface area contributed by atoms with Crippen molar-refractivity contribution in [2.24, 2.45) is 0 Å². The summed E-state index contributed by atoms with van der Waals surface area (Å²) in [5, 5.41) is 5.81. The molecule has 0 radical (unpaired) electrons. The maximum Gasteiger partial charge on any atom is 0.319 e. The Morgan fingerprint density at radius 2 is 1.80 bits per heavy atom. The van der Waals surface area contributed by atoms with Gasteiger partial charge < -0.3 is 10.6 Å². The van der Waals surface area contributed by atoms with Gasteiger partial charge in [0.1, 0.15) is 0 Å². The molecule has 2 amide bonds. The molecular formula is C17H20ClN3O3S. The molecule has 2 rings (SSSR count). The van der Waals surface area contributed by atoms with Crippen LogP contribution in [0.1, 0.15) is 19.8 Å². The second kappa shape index (κ2) is 8.73. The van der Waals surface area contributed by atoms with Crippen molar-refractivity contribution in [2.45, 2.75) is 24.7 Å². The van der Waals surface area contributed by atoms with Crippen LogP contribution in [0.5, 0.6) is 0 Å². The zero-order valence-corrected chi connectivity index (χ0v) is 15.3. The number of benzene rings is 2. The summed E-state index contributed by atoms with van der Waals surface area (Å²) >= 11 is 5.85. The summed E-state index contributed by atoms with van der Waals surface area (Å²) in [5.41, 5.74) is 0.890. The van der Waals surface area contributed by atoms with Gasteiger partial charge in [-0.15, -0.1) is 0 Å². The van der Waals surface area contributed by atoms with E-state index in [1.807, 2.05) is 6.92 Å². The van der Waals surface area contributed by atoms with E-state index in [9.17, 15) is 13.2 Å². The topological polar surface area (TPSA) is 87.3 Å². The van der Waals surface area contributed by atoms with Gasteiger partial charge in [0.15, 0.2) is 0 Å². The number of nitrogens with one attached hydrogen (secondary N) is 3. The standard InChI is InChI=1S/C17H20ClN3O3S/c1-2-3-11-19-17(22)20-14-7-9-16(10-8-14)25(23,24)21-15-6-4-5-13(18)12-15/h4-10,12,21H,2-3,11H2,1H3,(H2,19,20,22). The number of carbonyl (C=O) groups is 1. The average molecular weight is 382 g/mol. The molecule has 134 valence electrons. The summed E-state index contributed by atoms with van der Waals surface area (Å²) in [6, 6.07) is 12.0. The van der Waals surface area contributed by atoms with Crippen LogP contribution in [0.2, 0.25) is 5.02 Å². The van der Waals surface area contributed by atoms with Crippen LogP contribution in [-0.4, -0.2) is 21.0 Å². The Bertz CT molecular complexity index is 823. The number of anilines is 2. The van der Waals surface area contributed by atoms with E-state index in [2.05, 4.69) is 15.4 Å². The molecule has 0 aromatic heterocycles. The van der Waals surface area contributed by atoms with Gasteiger partial charge in [-0.25, -0.2) is 13.2 Å². The van der Waals surface area contributed by atoms with E-state index < -0.39 is 10.0 Å². The largest absolute Gasteiger partial charge is 0.338 e. The molecular weight excluding hydrogens is 362 g/mol. The highest BCUT2D eigenvalue weighted by Crippen LogP contribution is 2.20. The first-order valence-electron chi connectivity index (χ1n) is 7.84. The van der Waals surface area contributed by atoms with E-state index in [1.165, 1.54) is 30.3 Å². The monoisotopic (exact) mass is 381 g/mol. The lowest BCUT2D eigenvalue weighted by Gasteiger charge is -2.10.